The van der Waals surface area contributed by atoms with Crippen LogP contribution in [0.2, 0.25) is 0 Å². The number of fused-ring (bicyclic) bond motifs is 2. The summed E-state index contributed by atoms with van der Waals surface area (Å²) < 4.78 is 0. The van der Waals surface area contributed by atoms with Crippen molar-refractivity contribution in [1.82, 2.24) is 19.9 Å². The Morgan fingerprint density at radius 3 is 2.78 bits per heavy atom. The van der Waals surface area contributed by atoms with Crippen LogP contribution in [0.5, 0.6) is 0 Å². The van der Waals surface area contributed by atoms with Gasteiger partial charge in [0, 0.05) is 18.1 Å². The van der Waals surface area contributed by atoms with Gasteiger partial charge in [0.15, 0.2) is 0 Å². The predicted molar refractivity (Wildman–Crippen MR) is 105 cm³/mol. The smallest absolute Gasteiger partial charge is 0.214 e. The number of carbonyl (C=O) groups excluding carboxylic acids is 1. The number of nitrogens with two attached hydrogens (primary N) is 1. The second kappa shape index (κ2) is 6.41. The highest BCUT2D eigenvalue weighted by Crippen LogP contribution is 2.20. The molecule has 0 amide bonds. The Balaban J connectivity index is 1.66. The molecule has 0 atom stereocenters. The number of benzene rings is 1. The molecule has 3 heterocycles. The van der Waals surface area contributed by atoms with E-state index in [4.69, 9.17) is 11.1 Å². The number of allylic oxidation sites excluding steroid dienone is 1. The van der Waals surface area contributed by atoms with Crippen LogP contribution in [0.15, 0.2) is 54.0 Å². The van der Waals surface area contributed by atoms with E-state index in [-0.39, 0.29) is 17.2 Å². The molecule has 4 rings (SSSR count). The molecular formula is C19H17N7O. The van der Waals surface area contributed by atoms with E-state index in [1.165, 1.54) is 0 Å². The third-order valence-corrected chi connectivity index (χ3v) is 4.19. The van der Waals surface area contributed by atoms with Gasteiger partial charge >= 0.3 is 0 Å². The van der Waals surface area contributed by atoms with Gasteiger partial charge in [0.25, 0.3) is 0 Å². The molecule has 0 aliphatic rings. The molecule has 0 saturated carbocycles. The summed E-state index contributed by atoms with van der Waals surface area (Å²) in [6.07, 6.45) is 2.60. The summed E-state index contributed by atoms with van der Waals surface area (Å²) in [5, 5.41) is 10.6. The first-order valence-corrected chi connectivity index (χ1v) is 8.27. The van der Waals surface area contributed by atoms with Gasteiger partial charge in [-0.15, -0.1) is 0 Å². The van der Waals surface area contributed by atoms with E-state index in [2.05, 4.69) is 25.3 Å². The zero-order valence-electron chi connectivity index (χ0n) is 14.5. The molecule has 0 unspecified atom stereocenters. The van der Waals surface area contributed by atoms with Crippen LogP contribution >= 0.6 is 0 Å². The largest absolute Gasteiger partial charge is 0.385 e. The Morgan fingerprint density at radius 1 is 1.19 bits per heavy atom. The van der Waals surface area contributed by atoms with Gasteiger partial charge in [-0.2, -0.15) is 0 Å². The van der Waals surface area contributed by atoms with Crippen molar-refractivity contribution in [3.05, 3.63) is 65.5 Å². The molecular weight excluding hydrogens is 342 g/mol. The number of Topliss-reactive ketones (excluding diaryl/α,β-unsaturated/α-hetero) is 1. The first-order valence-electron chi connectivity index (χ1n) is 8.27. The van der Waals surface area contributed by atoms with Crippen LogP contribution < -0.4 is 11.1 Å². The average molecular weight is 359 g/mol. The van der Waals surface area contributed by atoms with Crippen LogP contribution in [0.25, 0.3) is 22.1 Å². The van der Waals surface area contributed by atoms with Gasteiger partial charge in [-0.3, -0.25) is 9.78 Å². The van der Waals surface area contributed by atoms with E-state index in [0.29, 0.717) is 16.9 Å². The maximum absolute atomic E-state index is 12.8. The SMILES string of the molecule is Cc1nc2cc(N/C(N)=C(\C=N)C(=O)c3cc4ncccc4[nH]3)ccc2[nH]1. The summed E-state index contributed by atoms with van der Waals surface area (Å²) in [4.78, 5) is 27.5. The van der Waals surface area contributed by atoms with E-state index in [9.17, 15) is 4.79 Å². The van der Waals surface area contributed by atoms with Crippen molar-refractivity contribution < 1.29 is 4.79 Å². The molecule has 0 saturated heterocycles. The minimum absolute atomic E-state index is 0.0554. The number of aryl methyl sites for hydroxylation is 1. The second-order valence-electron chi connectivity index (χ2n) is 6.10. The van der Waals surface area contributed by atoms with Crippen molar-refractivity contribution >= 4 is 39.8 Å². The average Bonchev–Trinajstić information content (AvgIpc) is 3.24. The minimum Gasteiger partial charge on any atom is -0.385 e. The third-order valence-electron chi connectivity index (χ3n) is 4.19. The number of anilines is 1. The lowest BCUT2D eigenvalue weighted by Gasteiger charge is -2.09. The number of rotatable bonds is 5. The Labute approximate surface area is 154 Å². The van der Waals surface area contributed by atoms with Gasteiger partial charge in [-0.05, 0) is 43.3 Å². The minimum atomic E-state index is -0.385. The summed E-state index contributed by atoms with van der Waals surface area (Å²) in [7, 11) is 0. The highest BCUT2D eigenvalue weighted by Gasteiger charge is 2.17. The number of nitrogens with one attached hydrogen (secondary N) is 4. The molecule has 0 aliphatic heterocycles. The molecule has 4 aromatic rings. The lowest BCUT2D eigenvalue weighted by molar-refractivity contribution is 0.103. The van der Waals surface area contributed by atoms with Crippen molar-refractivity contribution in [3.63, 3.8) is 0 Å². The van der Waals surface area contributed by atoms with E-state index in [1.54, 1.807) is 18.3 Å². The lowest BCUT2D eigenvalue weighted by Crippen LogP contribution is -2.18. The van der Waals surface area contributed by atoms with Crippen LogP contribution in [-0.4, -0.2) is 31.9 Å². The lowest BCUT2D eigenvalue weighted by atomic mass is 10.1. The summed E-state index contributed by atoms with van der Waals surface area (Å²) in [6, 6.07) is 10.8. The van der Waals surface area contributed by atoms with Crippen molar-refractivity contribution in [2.75, 3.05) is 5.32 Å². The van der Waals surface area contributed by atoms with Crippen LogP contribution in [0, 0.1) is 12.3 Å². The van der Waals surface area contributed by atoms with Crippen LogP contribution in [-0.2, 0) is 0 Å². The van der Waals surface area contributed by atoms with Gasteiger partial charge < -0.3 is 26.4 Å². The fourth-order valence-corrected chi connectivity index (χ4v) is 2.92. The summed E-state index contributed by atoms with van der Waals surface area (Å²) in [5.74, 6) is 0.520. The van der Waals surface area contributed by atoms with Gasteiger partial charge in [0.1, 0.15) is 11.6 Å². The first kappa shape index (κ1) is 16.5. The van der Waals surface area contributed by atoms with Crippen molar-refractivity contribution in [2.45, 2.75) is 6.92 Å². The molecule has 8 heteroatoms. The van der Waals surface area contributed by atoms with Gasteiger partial charge in [0.2, 0.25) is 5.78 Å². The number of carbonyl (C=O) groups is 1. The number of H-pyrrole nitrogens is 2. The first-order chi connectivity index (χ1) is 13.0. The van der Waals surface area contributed by atoms with E-state index < -0.39 is 0 Å². The number of ketones is 1. The number of nitrogens with zero attached hydrogens (tertiary/aromatic N) is 2. The molecule has 134 valence electrons. The quantitative estimate of drug-likeness (QED) is 0.212. The Morgan fingerprint density at radius 2 is 2.00 bits per heavy atom. The van der Waals surface area contributed by atoms with E-state index >= 15 is 0 Å². The Bertz CT molecular complexity index is 1180. The van der Waals surface area contributed by atoms with Gasteiger partial charge in [-0.1, -0.05) is 0 Å². The molecule has 6 N–H and O–H groups in total. The topological polar surface area (TPSA) is 136 Å². The van der Waals surface area contributed by atoms with Crippen LogP contribution in [0.1, 0.15) is 16.3 Å². The summed E-state index contributed by atoms with van der Waals surface area (Å²) in [5.41, 5.74) is 10.3. The Kier molecular flexibility index (Phi) is 3.92. The van der Waals surface area contributed by atoms with E-state index in [1.807, 2.05) is 31.2 Å². The number of pyridine rings is 1. The predicted octanol–water partition coefficient (Wildman–Crippen LogP) is 2.86. The fraction of sp³-hybridized carbons (Fsp3) is 0.0526. The normalized spacial score (nSPS) is 12.2. The highest BCUT2D eigenvalue weighted by molar-refractivity contribution is 6.21. The Hall–Kier alpha value is -3.94. The number of aromatic amines is 2. The highest BCUT2D eigenvalue weighted by atomic mass is 16.1. The zero-order chi connectivity index (χ0) is 19.0. The molecule has 3 aromatic heterocycles. The van der Waals surface area contributed by atoms with Crippen molar-refractivity contribution in [2.24, 2.45) is 5.73 Å². The standard InChI is InChI=1S/C19H17N7O/c1-10-23-14-5-4-11(7-16(14)24-10)25-19(21)12(9-20)18(27)17-8-15-13(26-17)3-2-6-22-15/h2-9,20,25-26H,21H2,1H3,(H,23,24)/b19-12+,20-9?. The number of aromatic nitrogens is 4. The molecule has 0 radical (unpaired) electrons. The maximum Gasteiger partial charge on any atom is 0.214 e. The van der Waals surface area contributed by atoms with Crippen LogP contribution in [0.3, 0.4) is 0 Å². The molecule has 0 aliphatic carbocycles. The molecule has 8 nitrogen and oxygen atoms in total. The molecule has 1 aromatic carbocycles. The molecule has 0 bridgehead atoms. The summed E-state index contributed by atoms with van der Waals surface area (Å²) in [6.45, 7) is 1.88. The van der Waals surface area contributed by atoms with Crippen molar-refractivity contribution in [3.8, 4) is 0 Å². The second-order valence-corrected chi connectivity index (χ2v) is 6.10. The fourth-order valence-electron chi connectivity index (χ4n) is 2.92. The summed E-state index contributed by atoms with van der Waals surface area (Å²) >= 11 is 0. The molecule has 0 fully saturated rings. The van der Waals surface area contributed by atoms with Gasteiger partial charge in [0.05, 0.1) is 33.3 Å². The number of imidazole rings is 1. The van der Waals surface area contributed by atoms with Crippen LogP contribution in [0.4, 0.5) is 5.69 Å². The number of hydrogen-bond acceptors (Lipinski definition) is 6. The third kappa shape index (κ3) is 3.04. The zero-order valence-corrected chi connectivity index (χ0v) is 14.5. The molecule has 27 heavy (non-hydrogen) atoms. The maximum atomic E-state index is 12.8. The molecule has 0 spiro atoms. The van der Waals surface area contributed by atoms with E-state index in [0.717, 1.165) is 28.6 Å². The monoisotopic (exact) mass is 359 g/mol. The number of hydrogen-bond donors (Lipinski definition) is 5. The van der Waals surface area contributed by atoms with Gasteiger partial charge in [-0.25, -0.2) is 4.98 Å². The van der Waals surface area contributed by atoms with Crippen molar-refractivity contribution in [1.29, 1.82) is 5.41 Å².